The van der Waals surface area contributed by atoms with E-state index in [9.17, 15) is 19.1 Å². The van der Waals surface area contributed by atoms with Gasteiger partial charge in [0.25, 0.3) is 0 Å². The second kappa shape index (κ2) is 7.94. The molecule has 2 N–H and O–H groups in total. The van der Waals surface area contributed by atoms with Gasteiger partial charge in [0.05, 0.1) is 6.61 Å². The summed E-state index contributed by atoms with van der Waals surface area (Å²) in [7, 11) is 0. The van der Waals surface area contributed by atoms with Crippen LogP contribution < -0.4 is 10.1 Å². The molecule has 1 fully saturated rings. The lowest BCUT2D eigenvalue weighted by molar-refractivity contribution is -0.149. The molecule has 1 aliphatic carbocycles. The lowest BCUT2D eigenvalue weighted by Gasteiger charge is -2.34. The van der Waals surface area contributed by atoms with Crippen molar-refractivity contribution < 1.29 is 23.8 Å². The fraction of sp³-hybridized carbons (Fsp3) is 0.529. The van der Waals surface area contributed by atoms with Crippen LogP contribution in [0.25, 0.3) is 0 Å². The van der Waals surface area contributed by atoms with E-state index in [0.29, 0.717) is 31.6 Å². The summed E-state index contributed by atoms with van der Waals surface area (Å²) in [5.41, 5.74) is -1.10. The number of carbonyl (C=O) groups excluding carboxylic acids is 1. The van der Waals surface area contributed by atoms with Gasteiger partial charge in [-0.2, -0.15) is 0 Å². The molecule has 0 atom stereocenters. The van der Waals surface area contributed by atoms with Crippen molar-refractivity contribution in [2.24, 2.45) is 0 Å². The molecule has 126 valence electrons. The van der Waals surface area contributed by atoms with Crippen molar-refractivity contribution >= 4 is 11.9 Å². The van der Waals surface area contributed by atoms with Crippen molar-refractivity contribution in [3.8, 4) is 5.75 Å². The zero-order valence-electron chi connectivity index (χ0n) is 13.0. The first-order valence-corrected chi connectivity index (χ1v) is 7.95. The molecular weight excluding hydrogens is 301 g/mol. The van der Waals surface area contributed by atoms with Crippen LogP contribution >= 0.6 is 0 Å². The van der Waals surface area contributed by atoms with Gasteiger partial charge in [-0.15, -0.1) is 0 Å². The molecule has 0 bridgehead atoms. The number of carboxylic acid groups (broad SMARTS) is 1. The number of benzene rings is 1. The lowest BCUT2D eigenvalue weighted by Crippen LogP contribution is -2.55. The Hall–Kier alpha value is -2.11. The van der Waals surface area contributed by atoms with Crippen molar-refractivity contribution in [3.63, 3.8) is 0 Å². The number of amides is 1. The van der Waals surface area contributed by atoms with Gasteiger partial charge >= 0.3 is 5.97 Å². The molecule has 1 saturated carbocycles. The summed E-state index contributed by atoms with van der Waals surface area (Å²) in [6.45, 7) is 0.319. The largest absolute Gasteiger partial charge is 0.494 e. The Morgan fingerprint density at radius 1 is 1.17 bits per heavy atom. The minimum Gasteiger partial charge on any atom is -0.494 e. The van der Waals surface area contributed by atoms with Crippen LogP contribution in [0.3, 0.4) is 0 Å². The highest BCUT2D eigenvalue weighted by Crippen LogP contribution is 2.28. The van der Waals surface area contributed by atoms with E-state index in [1.54, 1.807) is 0 Å². The van der Waals surface area contributed by atoms with Crippen LogP contribution in [-0.4, -0.2) is 29.1 Å². The molecule has 0 radical (unpaired) electrons. The molecule has 23 heavy (non-hydrogen) atoms. The van der Waals surface area contributed by atoms with E-state index in [4.69, 9.17) is 4.74 Å². The molecule has 0 spiro atoms. The zero-order chi connectivity index (χ0) is 16.7. The Labute approximate surface area is 134 Å². The van der Waals surface area contributed by atoms with Gasteiger partial charge in [0.2, 0.25) is 5.91 Å². The number of hydrogen-bond donors (Lipinski definition) is 2. The highest BCUT2D eigenvalue weighted by Gasteiger charge is 2.40. The molecule has 1 aromatic carbocycles. The summed E-state index contributed by atoms with van der Waals surface area (Å²) in [5, 5.41) is 12.1. The normalized spacial score (nSPS) is 16.6. The first kappa shape index (κ1) is 17.2. The number of ether oxygens (including phenoxy) is 1. The molecule has 0 unspecified atom stereocenters. The average molecular weight is 323 g/mol. The van der Waals surface area contributed by atoms with E-state index in [1.807, 2.05) is 0 Å². The van der Waals surface area contributed by atoms with Gasteiger partial charge in [-0.25, -0.2) is 9.18 Å². The number of nitrogens with one attached hydrogen (secondary N) is 1. The Bertz CT molecular complexity index is 538. The molecular formula is C17H22FNO4. The van der Waals surface area contributed by atoms with Gasteiger partial charge in [-0.05, 0) is 43.5 Å². The maximum Gasteiger partial charge on any atom is 0.329 e. The Morgan fingerprint density at radius 2 is 1.83 bits per heavy atom. The van der Waals surface area contributed by atoms with Gasteiger partial charge in [-0.1, -0.05) is 19.3 Å². The predicted octanol–water partition coefficient (Wildman–Crippen LogP) is 2.89. The van der Waals surface area contributed by atoms with Gasteiger partial charge in [0.1, 0.15) is 17.1 Å². The van der Waals surface area contributed by atoms with E-state index in [1.165, 1.54) is 24.3 Å². The fourth-order valence-electron chi connectivity index (χ4n) is 2.83. The molecule has 1 aromatic rings. The maximum absolute atomic E-state index is 12.7. The third kappa shape index (κ3) is 4.94. The lowest BCUT2D eigenvalue weighted by atomic mass is 9.81. The number of carboxylic acids is 1. The van der Waals surface area contributed by atoms with E-state index >= 15 is 0 Å². The number of carbonyl (C=O) groups is 2. The highest BCUT2D eigenvalue weighted by atomic mass is 19.1. The fourth-order valence-corrected chi connectivity index (χ4v) is 2.83. The monoisotopic (exact) mass is 323 g/mol. The third-order valence-electron chi connectivity index (χ3n) is 4.13. The van der Waals surface area contributed by atoms with Crippen LogP contribution in [-0.2, 0) is 9.59 Å². The van der Waals surface area contributed by atoms with Crippen LogP contribution in [0.1, 0.15) is 44.9 Å². The minimum atomic E-state index is -1.10. The molecule has 5 nitrogen and oxygen atoms in total. The second-order valence-electron chi connectivity index (χ2n) is 5.90. The molecule has 0 saturated heterocycles. The van der Waals surface area contributed by atoms with Crippen LogP contribution in [0.2, 0.25) is 0 Å². The van der Waals surface area contributed by atoms with Gasteiger partial charge in [0.15, 0.2) is 0 Å². The van der Waals surface area contributed by atoms with Crippen molar-refractivity contribution in [3.05, 3.63) is 30.1 Å². The van der Waals surface area contributed by atoms with Crippen LogP contribution in [0, 0.1) is 5.82 Å². The summed E-state index contributed by atoms with van der Waals surface area (Å²) in [4.78, 5) is 23.5. The number of hydrogen-bond acceptors (Lipinski definition) is 3. The topological polar surface area (TPSA) is 75.6 Å². The van der Waals surface area contributed by atoms with Crippen molar-refractivity contribution in [2.45, 2.75) is 50.5 Å². The van der Waals surface area contributed by atoms with E-state index in [2.05, 4.69) is 5.32 Å². The molecule has 1 amide bonds. The molecule has 1 aliphatic rings. The van der Waals surface area contributed by atoms with Crippen LogP contribution in [0.5, 0.6) is 5.75 Å². The summed E-state index contributed by atoms with van der Waals surface area (Å²) in [5.74, 6) is -1.01. The summed E-state index contributed by atoms with van der Waals surface area (Å²) in [6, 6.07) is 5.66. The molecule has 6 heteroatoms. The van der Waals surface area contributed by atoms with Crippen molar-refractivity contribution in [1.82, 2.24) is 5.32 Å². The second-order valence-corrected chi connectivity index (χ2v) is 5.90. The van der Waals surface area contributed by atoms with Crippen molar-refractivity contribution in [2.75, 3.05) is 6.61 Å². The highest BCUT2D eigenvalue weighted by molar-refractivity contribution is 5.87. The SMILES string of the molecule is O=C(CCCOc1ccc(F)cc1)NC1(C(=O)O)CCCCC1. The molecule has 0 aromatic heterocycles. The smallest absolute Gasteiger partial charge is 0.329 e. The third-order valence-corrected chi connectivity index (χ3v) is 4.13. The number of rotatable bonds is 7. The average Bonchev–Trinajstić information content (AvgIpc) is 2.54. The van der Waals surface area contributed by atoms with Gasteiger partial charge in [-0.3, -0.25) is 4.79 Å². The van der Waals surface area contributed by atoms with Crippen molar-refractivity contribution in [1.29, 1.82) is 0 Å². The standard InChI is InChI=1S/C17H22FNO4/c18-13-6-8-14(9-7-13)23-12-4-5-15(20)19-17(16(21)22)10-2-1-3-11-17/h6-9H,1-5,10-12H2,(H,19,20)(H,21,22). The summed E-state index contributed by atoms with van der Waals surface area (Å²) < 4.78 is 18.2. The molecule has 2 rings (SSSR count). The minimum absolute atomic E-state index is 0.205. The van der Waals surface area contributed by atoms with E-state index in [-0.39, 0.29) is 18.1 Å². The summed E-state index contributed by atoms with van der Waals surface area (Å²) in [6.07, 6.45) is 4.30. The molecule has 0 heterocycles. The first-order chi connectivity index (χ1) is 11.0. The summed E-state index contributed by atoms with van der Waals surface area (Å²) >= 11 is 0. The number of halogens is 1. The van der Waals surface area contributed by atoms with E-state index in [0.717, 1.165) is 19.3 Å². The Morgan fingerprint density at radius 3 is 2.43 bits per heavy atom. The first-order valence-electron chi connectivity index (χ1n) is 7.95. The molecule has 0 aliphatic heterocycles. The van der Waals surface area contributed by atoms with Crippen LogP contribution in [0.15, 0.2) is 24.3 Å². The number of aliphatic carboxylic acids is 1. The maximum atomic E-state index is 12.7. The Kier molecular flexibility index (Phi) is 5.96. The van der Waals surface area contributed by atoms with Crippen LogP contribution in [0.4, 0.5) is 4.39 Å². The quantitative estimate of drug-likeness (QED) is 0.757. The van der Waals surface area contributed by atoms with Gasteiger partial charge < -0.3 is 15.2 Å². The van der Waals surface area contributed by atoms with Gasteiger partial charge in [0, 0.05) is 6.42 Å². The zero-order valence-corrected chi connectivity index (χ0v) is 13.0. The Balaban J connectivity index is 1.73. The predicted molar refractivity (Wildman–Crippen MR) is 82.7 cm³/mol. The van der Waals surface area contributed by atoms with E-state index < -0.39 is 11.5 Å².